The lowest BCUT2D eigenvalue weighted by molar-refractivity contribution is -0.145. The highest BCUT2D eigenvalue weighted by atomic mass is 16.6. The third kappa shape index (κ3) is 15.5. The number of benzene rings is 2. The van der Waals surface area contributed by atoms with E-state index in [2.05, 4.69) is 21.3 Å². The van der Waals surface area contributed by atoms with Crippen LogP contribution in [0, 0.1) is 11.8 Å². The van der Waals surface area contributed by atoms with Crippen LogP contribution in [0.4, 0.5) is 4.79 Å². The highest BCUT2D eigenvalue weighted by Gasteiger charge is 2.31. The van der Waals surface area contributed by atoms with Crippen molar-refractivity contribution in [1.29, 1.82) is 0 Å². The number of hydrogen-bond acceptors (Lipinski definition) is 7. The fraction of sp³-hybridized carbons (Fsp3) is 0.541. The SMILES string of the molecule is COC(=O)[C@@H](CCCCNC(=O)OC(C)(C)C)NC(=O)[C@@H](CC(C)C)NC(=O)[C@@H](Cc1ccccc1)NC(=O)[C@H](C)Cc1ccccc1. The third-order valence-corrected chi connectivity index (χ3v) is 7.48. The van der Waals surface area contributed by atoms with Crippen molar-refractivity contribution in [3.8, 4) is 0 Å². The number of nitrogens with one attached hydrogen (secondary N) is 4. The van der Waals surface area contributed by atoms with Gasteiger partial charge in [0.15, 0.2) is 0 Å². The van der Waals surface area contributed by atoms with Gasteiger partial charge in [-0.15, -0.1) is 0 Å². The Labute approximate surface area is 285 Å². The first-order chi connectivity index (χ1) is 22.7. The summed E-state index contributed by atoms with van der Waals surface area (Å²) < 4.78 is 10.2. The zero-order valence-electron chi connectivity index (χ0n) is 29.5. The van der Waals surface area contributed by atoms with Gasteiger partial charge in [-0.25, -0.2) is 9.59 Å². The first-order valence-electron chi connectivity index (χ1n) is 16.7. The molecule has 11 heteroatoms. The molecule has 0 saturated heterocycles. The molecule has 0 bridgehead atoms. The molecular weight excluding hydrogens is 612 g/mol. The van der Waals surface area contributed by atoms with Gasteiger partial charge in [0.05, 0.1) is 7.11 Å². The summed E-state index contributed by atoms with van der Waals surface area (Å²) in [5, 5.41) is 11.2. The van der Waals surface area contributed by atoms with E-state index in [1.807, 2.05) is 81.4 Å². The second-order valence-corrected chi connectivity index (χ2v) is 13.5. The lowest BCUT2D eigenvalue weighted by Crippen LogP contribution is -2.57. The normalized spacial score (nSPS) is 13.8. The summed E-state index contributed by atoms with van der Waals surface area (Å²) >= 11 is 0. The van der Waals surface area contributed by atoms with Crippen LogP contribution in [-0.4, -0.2) is 67.2 Å². The minimum atomic E-state index is -0.963. The van der Waals surface area contributed by atoms with Crippen LogP contribution < -0.4 is 21.3 Å². The molecule has 2 rings (SSSR count). The molecule has 0 aromatic heterocycles. The number of amides is 4. The van der Waals surface area contributed by atoms with Crippen LogP contribution in [0.5, 0.6) is 0 Å². The van der Waals surface area contributed by atoms with Crippen molar-refractivity contribution < 1.29 is 33.4 Å². The molecule has 0 aliphatic heterocycles. The molecule has 4 N–H and O–H groups in total. The Morgan fingerprint density at radius 1 is 0.688 bits per heavy atom. The summed E-state index contributed by atoms with van der Waals surface area (Å²) in [4.78, 5) is 65.2. The first-order valence-corrected chi connectivity index (χ1v) is 16.7. The van der Waals surface area contributed by atoms with Gasteiger partial charge in [-0.1, -0.05) is 81.4 Å². The minimum Gasteiger partial charge on any atom is -0.467 e. The van der Waals surface area contributed by atoms with Crippen LogP contribution in [0.1, 0.15) is 78.4 Å². The number of hydrogen-bond donors (Lipinski definition) is 4. The molecule has 0 heterocycles. The van der Waals surface area contributed by atoms with E-state index in [1.165, 1.54) is 7.11 Å². The second-order valence-electron chi connectivity index (χ2n) is 13.5. The van der Waals surface area contributed by atoms with Crippen molar-refractivity contribution in [2.75, 3.05) is 13.7 Å². The van der Waals surface area contributed by atoms with Gasteiger partial charge < -0.3 is 30.7 Å². The van der Waals surface area contributed by atoms with Crippen molar-refractivity contribution in [2.24, 2.45) is 11.8 Å². The molecule has 264 valence electrons. The highest BCUT2D eigenvalue weighted by molar-refractivity contribution is 5.94. The molecule has 0 saturated carbocycles. The Balaban J connectivity index is 2.11. The minimum absolute atomic E-state index is 0.0321. The Morgan fingerprint density at radius 3 is 1.75 bits per heavy atom. The molecule has 0 aliphatic rings. The van der Waals surface area contributed by atoms with E-state index in [4.69, 9.17) is 9.47 Å². The topological polar surface area (TPSA) is 152 Å². The molecule has 2 aromatic carbocycles. The van der Waals surface area contributed by atoms with Gasteiger partial charge in [0.2, 0.25) is 17.7 Å². The number of carbonyl (C=O) groups is 5. The smallest absolute Gasteiger partial charge is 0.407 e. The quantitative estimate of drug-likeness (QED) is 0.135. The van der Waals surface area contributed by atoms with Gasteiger partial charge >= 0.3 is 12.1 Å². The molecule has 0 aliphatic carbocycles. The molecular formula is C37H54N4O7. The fourth-order valence-electron chi connectivity index (χ4n) is 5.05. The van der Waals surface area contributed by atoms with Gasteiger partial charge in [-0.2, -0.15) is 0 Å². The van der Waals surface area contributed by atoms with Crippen molar-refractivity contribution in [3.05, 3.63) is 71.8 Å². The number of alkyl carbamates (subject to hydrolysis) is 1. The molecule has 0 radical (unpaired) electrons. The predicted molar refractivity (Wildman–Crippen MR) is 185 cm³/mol. The largest absolute Gasteiger partial charge is 0.467 e. The Kier molecular flexibility index (Phi) is 16.6. The van der Waals surface area contributed by atoms with Crippen LogP contribution in [-0.2, 0) is 41.5 Å². The Hall–Kier alpha value is -4.41. The lowest BCUT2D eigenvalue weighted by Gasteiger charge is -2.26. The number of carbonyl (C=O) groups excluding carboxylic acids is 5. The molecule has 0 fully saturated rings. The van der Waals surface area contributed by atoms with Crippen LogP contribution >= 0.6 is 0 Å². The zero-order chi connectivity index (χ0) is 35.7. The van der Waals surface area contributed by atoms with Crippen molar-refractivity contribution in [2.45, 2.75) is 104 Å². The maximum atomic E-state index is 13.8. The maximum absolute atomic E-state index is 13.8. The molecule has 11 nitrogen and oxygen atoms in total. The van der Waals surface area contributed by atoms with E-state index < -0.39 is 53.5 Å². The van der Waals surface area contributed by atoms with E-state index in [1.54, 1.807) is 20.8 Å². The fourth-order valence-corrected chi connectivity index (χ4v) is 5.05. The standard InChI is InChI=1S/C37H54N4O7/c1-25(2)22-30(33(43)39-29(35(45)47-7)20-14-15-21-38-36(46)48-37(4,5)6)41-34(44)31(24-28-18-12-9-13-19-28)40-32(42)26(3)23-27-16-10-8-11-17-27/h8-13,16-19,25-26,29-31H,14-15,20-24H2,1-7H3,(H,38,46)(H,39,43)(H,40,42)(H,41,44)/t26-,29-,30-,31-/m1/s1. The molecule has 4 atom stereocenters. The van der Waals surface area contributed by atoms with E-state index in [9.17, 15) is 24.0 Å². The number of ether oxygens (including phenoxy) is 2. The van der Waals surface area contributed by atoms with Gasteiger partial charge in [0.1, 0.15) is 23.7 Å². The molecule has 0 spiro atoms. The average Bonchev–Trinajstić information content (AvgIpc) is 3.02. The summed E-state index contributed by atoms with van der Waals surface area (Å²) in [6, 6.07) is 16.2. The second kappa shape index (κ2) is 20.1. The first kappa shape index (κ1) is 39.8. The van der Waals surface area contributed by atoms with E-state index in [0.29, 0.717) is 32.2 Å². The van der Waals surface area contributed by atoms with E-state index in [-0.39, 0.29) is 24.7 Å². The number of esters is 1. The van der Waals surface area contributed by atoms with Gasteiger partial charge in [0.25, 0.3) is 0 Å². The average molecular weight is 667 g/mol. The van der Waals surface area contributed by atoms with Crippen LogP contribution in [0.2, 0.25) is 0 Å². The van der Waals surface area contributed by atoms with Gasteiger partial charge in [-0.05, 0) is 69.9 Å². The van der Waals surface area contributed by atoms with Crippen molar-refractivity contribution in [3.63, 3.8) is 0 Å². The predicted octanol–water partition coefficient (Wildman–Crippen LogP) is 4.48. The number of rotatable bonds is 18. The molecule has 2 aromatic rings. The summed E-state index contributed by atoms with van der Waals surface area (Å²) in [6.07, 6.45) is 1.83. The van der Waals surface area contributed by atoms with E-state index in [0.717, 1.165) is 11.1 Å². The molecule has 4 amide bonds. The highest BCUT2D eigenvalue weighted by Crippen LogP contribution is 2.13. The molecule has 48 heavy (non-hydrogen) atoms. The third-order valence-electron chi connectivity index (χ3n) is 7.48. The number of methoxy groups -OCH3 is 1. The number of unbranched alkanes of at least 4 members (excludes halogenated alkanes) is 1. The van der Waals surface area contributed by atoms with Crippen LogP contribution in [0.3, 0.4) is 0 Å². The van der Waals surface area contributed by atoms with Crippen molar-refractivity contribution >= 4 is 29.8 Å². The maximum Gasteiger partial charge on any atom is 0.407 e. The lowest BCUT2D eigenvalue weighted by atomic mass is 9.98. The van der Waals surface area contributed by atoms with Gasteiger partial charge in [-0.3, -0.25) is 14.4 Å². The summed E-state index contributed by atoms with van der Waals surface area (Å²) in [5.41, 5.74) is 1.25. The summed E-state index contributed by atoms with van der Waals surface area (Å²) in [6.45, 7) is 11.3. The zero-order valence-corrected chi connectivity index (χ0v) is 29.5. The van der Waals surface area contributed by atoms with Crippen LogP contribution in [0.25, 0.3) is 0 Å². The van der Waals surface area contributed by atoms with Crippen molar-refractivity contribution in [1.82, 2.24) is 21.3 Å². The Bertz CT molecular complexity index is 1310. The van der Waals surface area contributed by atoms with E-state index >= 15 is 0 Å². The monoisotopic (exact) mass is 666 g/mol. The van der Waals surface area contributed by atoms with Gasteiger partial charge in [0, 0.05) is 18.9 Å². The summed E-state index contributed by atoms with van der Waals surface area (Å²) in [5.74, 6) is -2.27. The Morgan fingerprint density at radius 2 is 1.21 bits per heavy atom. The molecule has 0 unspecified atom stereocenters. The van der Waals surface area contributed by atoms with Crippen LogP contribution in [0.15, 0.2) is 60.7 Å². The summed E-state index contributed by atoms with van der Waals surface area (Å²) in [7, 11) is 1.24.